The summed E-state index contributed by atoms with van der Waals surface area (Å²) in [5.74, 6) is 1.05. The van der Waals surface area contributed by atoms with Gasteiger partial charge in [-0.3, -0.25) is 9.88 Å². The first-order chi connectivity index (χ1) is 12.3. The minimum atomic E-state index is 0.266. The van der Waals surface area contributed by atoms with Crippen molar-refractivity contribution >= 4 is 16.6 Å². The van der Waals surface area contributed by atoms with Gasteiger partial charge in [0.25, 0.3) is 0 Å². The van der Waals surface area contributed by atoms with Gasteiger partial charge >= 0.3 is 0 Å². The zero-order valence-electron chi connectivity index (χ0n) is 14.7. The number of hydrogen-bond donors (Lipinski definition) is 1. The molecule has 0 spiro atoms. The minimum Gasteiger partial charge on any atom is -0.468 e. The lowest BCUT2D eigenvalue weighted by Crippen LogP contribution is -2.37. The van der Waals surface area contributed by atoms with Gasteiger partial charge in [0.2, 0.25) is 0 Å². The van der Waals surface area contributed by atoms with Crippen molar-refractivity contribution in [3.63, 3.8) is 0 Å². The van der Waals surface area contributed by atoms with Crippen molar-refractivity contribution in [2.24, 2.45) is 0 Å². The van der Waals surface area contributed by atoms with Crippen molar-refractivity contribution in [2.45, 2.75) is 32.2 Å². The van der Waals surface area contributed by atoms with Crippen LogP contribution in [-0.4, -0.2) is 29.5 Å². The van der Waals surface area contributed by atoms with Crippen molar-refractivity contribution in [3.05, 3.63) is 60.2 Å². The topological polar surface area (TPSA) is 41.3 Å². The van der Waals surface area contributed by atoms with Gasteiger partial charge in [-0.05, 0) is 57.1 Å². The highest BCUT2D eigenvalue weighted by molar-refractivity contribution is 5.91. The number of pyridine rings is 1. The smallest absolute Gasteiger partial charge is 0.122 e. The molecule has 1 N–H and O–H groups in total. The molecule has 1 fully saturated rings. The molecular formula is C21H25N3O. The van der Waals surface area contributed by atoms with Gasteiger partial charge in [0, 0.05) is 23.3 Å². The lowest BCUT2D eigenvalue weighted by Gasteiger charge is -2.33. The predicted octanol–water partition coefficient (Wildman–Crippen LogP) is 4.78. The van der Waals surface area contributed by atoms with Crippen LogP contribution >= 0.6 is 0 Å². The molecule has 4 rings (SSSR count). The molecule has 0 amide bonds. The Morgan fingerprint density at radius 1 is 1.12 bits per heavy atom. The molecule has 3 aromatic rings. The molecule has 1 aromatic carbocycles. The monoisotopic (exact) mass is 335 g/mol. The highest BCUT2D eigenvalue weighted by atomic mass is 16.3. The minimum absolute atomic E-state index is 0.266. The maximum Gasteiger partial charge on any atom is 0.122 e. The number of anilines is 1. The van der Waals surface area contributed by atoms with Gasteiger partial charge in [-0.2, -0.15) is 0 Å². The summed E-state index contributed by atoms with van der Waals surface area (Å²) in [6.07, 6.45) is 5.66. The standard InChI is InChI=1S/C21H25N3O/c1-16-14-19(17-8-3-4-9-18(17)23-16)22-15-20(21-10-7-13-25-21)24-11-5-2-6-12-24/h3-4,7-10,13-14,20H,2,5-6,11-12,15H2,1H3,(H,22,23)/t20-/m1/s1. The van der Waals surface area contributed by atoms with Gasteiger partial charge in [-0.1, -0.05) is 24.6 Å². The summed E-state index contributed by atoms with van der Waals surface area (Å²) in [6, 6.07) is 14.8. The van der Waals surface area contributed by atoms with E-state index in [0.717, 1.165) is 42.3 Å². The molecule has 1 saturated heterocycles. The summed E-state index contributed by atoms with van der Waals surface area (Å²) >= 11 is 0. The fourth-order valence-corrected chi connectivity index (χ4v) is 3.78. The SMILES string of the molecule is Cc1cc(NC[C@H](c2ccco2)N2CCCCC2)c2ccccc2n1. The van der Waals surface area contributed by atoms with E-state index in [-0.39, 0.29) is 6.04 Å². The Bertz CT molecular complexity index is 822. The first-order valence-corrected chi connectivity index (χ1v) is 9.19. The fraction of sp³-hybridized carbons (Fsp3) is 0.381. The summed E-state index contributed by atoms with van der Waals surface area (Å²) in [7, 11) is 0. The molecule has 1 aliphatic heterocycles. The van der Waals surface area contributed by atoms with E-state index in [0.29, 0.717) is 0 Å². The van der Waals surface area contributed by atoms with Gasteiger partial charge in [-0.15, -0.1) is 0 Å². The van der Waals surface area contributed by atoms with Gasteiger partial charge in [0.05, 0.1) is 17.8 Å². The van der Waals surface area contributed by atoms with Crippen LogP contribution in [0.5, 0.6) is 0 Å². The van der Waals surface area contributed by atoms with Crippen LogP contribution in [0.25, 0.3) is 10.9 Å². The Labute approximate surface area is 148 Å². The maximum absolute atomic E-state index is 5.75. The average Bonchev–Trinajstić information content (AvgIpc) is 3.17. The zero-order valence-corrected chi connectivity index (χ0v) is 14.7. The predicted molar refractivity (Wildman–Crippen MR) is 102 cm³/mol. The van der Waals surface area contributed by atoms with Crippen molar-refractivity contribution in [3.8, 4) is 0 Å². The van der Waals surface area contributed by atoms with E-state index < -0.39 is 0 Å². The second-order valence-electron chi connectivity index (χ2n) is 6.84. The number of nitrogens with zero attached hydrogens (tertiary/aromatic N) is 2. The normalized spacial score (nSPS) is 16.8. The number of rotatable bonds is 5. The molecule has 3 heterocycles. The van der Waals surface area contributed by atoms with Gasteiger partial charge in [0.15, 0.2) is 0 Å². The van der Waals surface area contributed by atoms with Gasteiger partial charge in [-0.25, -0.2) is 0 Å². The summed E-state index contributed by atoms with van der Waals surface area (Å²) in [6.45, 7) is 5.17. The van der Waals surface area contributed by atoms with E-state index in [4.69, 9.17) is 4.42 Å². The number of aromatic nitrogens is 1. The third-order valence-electron chi connectivity index (χ3n) is 5.03. The molecule has 0 radical (unpaired) electrons. The van der Waals surface area contributed by atoms with Crippen molar-refractivity contribution in [1.82, 2.24) is 9.88 Å². The number of fused-ring (bicyclic) bond motifs is 1. The van der Waals surface area contributed by atoms with Crippen LogP contribution < -0.4 is 5.32 Å². The van der Waals surface area contributed by atoms with E-state index in [1.165, 1.54) is 24.6 Å². The molecule has 25 heavy (non-hydrogen) atoms. The van der Waals surface area contributed by atoms with E-state index in [1.54, 1.807) is 6.26 Å². The zero-order chi connectivity index (χ0) is 17.1. The molecule has 0 aliphatic carbocycles. The highest BCUT2D eigenvalue weighted by Gasteiger charge is 2.24. The Hall–Kier alpha value is -2.33. The highest BCUT2D eigenvalue weighted by Crippen LogP contribution is 2.28. The molecular weight excluding hydrogens is 310 g/mol. The largest absolute Gasteiger partial charge is 0.468 e. The van der Waals surface area contributed by atoms with E-state index in [2.05, 4.69) is 45.5 Å². The number of hydrogen-bond acceptors (Lipinski definition) is 4. The number of para-hydroxylation sites is 1. The Balaban J connectivity index is 1.59. The van der Waals surface area contributed by atoms with Crippen LogP contribution in [0.15, 0.2) is 53.1 Å². The van der Waals surface area contributed by atoms with Gasteiger partial charge in [0.1, 0.15) is 5.76 Å². The quantitative estimate of drug-likeness (QED) is 0.729. The van der Waals surface area contributed by atoms with E-state index in [9.17, 15) is 0 Å². The van der Waals surface area contributed by atoms with E-state index in [1.807, 2.05) is 19.1 Å². The summed E-state index contributed by atoms with van der Waals surface area (Å²) in [4.78, 5) is 7.18. The third-order valence-corrected chi connectivity index (χ3v) is 5.03. The number of nitrogens with one attached hydrogen (secondary N) is 1. The number of piperidine rings is 1. The molecule has 4 nitrogen and oxygen atoms in total. The lowest BCUT2D eigenvalue weighted by molar-refractivity contribution is 0.153. The average molecular weight is 335 g/mol. The number of aryl methyl sites for hydroxylation is 1. The van der Waals surface area contributed by atoms with Crippen LogP contribution in [-0.2, 0) is 0 Å². The summed E-state index contributed by atoms with van der Waals surface area (Å²) in [5.41, 5.74) is 3.22. The van der Waals surface area contributed by atoms with Crippen LogP contribution in [0.1, 0.15) is 36.8 Å². The number of benzene rings is 1. The summed E-state index contributed by atoms with van der Waals surface area (Å²) in [5, 5.41) is 4.84. The fourth-order valence-electron chi connectivity index (χ4n) is 3.78. The molecule has 1 aliphatic rings. The first-order valence-electron chi connectivity index (χ1n) is 9.19. The van der Waals surface area contributed by atoms with Crippen molar-refractivity contribution in [2.75, 3.05) is 25.0 Å². The van der Waals surface area contributed by atoms with Crippen LogP contribution in [0.4, 0.5) is 5.69 Å². The molecule has 1 atom stereocenters. The Morgan fingerprint density at radius 2 is 1.96 bits per heavy atom. The van der Waals surface area contributed by atoms with Crippen LogP contribution in [0.2, 0.25) is 0 Å². The third kappa shape index (κ3) is 3.54. The molecule has 0 saturated carbocycles. The second-order valence-corrected chi connectivity index (χ2v) is 6.84. The van der Waals surface area contributed by atoms with Crippen molar-refractivity contribution in [1.29, 1.82) is 0 Å². The lowest BCUT2D eigenvalue weighted by atomic mass is 10.1. The maximum atomic E-state index is 5.75. The second kappa shape index (κ2) is 7.28. The molecule has 0 bridgehead atoms. The molecule has 4 heteroatoms. The molecule has 0 unspecified atom stereocenters. The number of likely N-dealkylation sites (tertiary alicyclic amines) is 1. The Kier molecular flexibility index (Phi) is 4.70. The molecule has 130 valence electrons. The first kappa shape index (κ1) is 16.2. The van der Waals surface area contributed by atoms with Crippen molar-refractivity contribution < 1.29 is 4.42 Å². The number of furan rings is 1. The molecule has 2 aromatic heterocycles. The summed E-state index contributed by atoms with van der Waals surface area (Å²) < 4.78 is 5.75. The Morgan fingerprint density at radius 3 is 2.76 bits per heavy atom. The van der Waals surface area contributed by atoms with Crippen LogP contribution in [0, 0.1) is 6.92 Å². The van der Waals surface area contributed by atoms with Gasteiger partial charge < -0.3 is 9.73 Å². The van der Waals surface area contributed by atoms with E-state index >= 15 is 0 Å². The van der Waals surface area contributed by atoms with Crippen LogP contribution in [0.3, 0.4) is 0 Å².